The van der Waals surface area contributed by atoms with Gasteiger partial charge in [0, 0.05) is 22.2 Å². The van der Waals surface area contributed by atoms with Crippen LogP contribution in [0.15, 0.2) is 71.6 Å². The Hall–Kier alpha value is -3.45. The summed E-state index contributed by atoms with van der Waals surface area (Å²) in [5.74, 6) is -1.20. The molecule has 3 rings (SSSR count). The van der Waals surface area contributed by atoms with Crippen molar-refractivity contribution in [1.82, 2.24) is 0 Å². The lowest BCUT2D eigenvalue weighted by Crippen LogP contribution is -2.10. The van der Waals surface area contributed by atoms with Gasteiger partial charge >= 0.3 is 5.97 Å². The number of methoxy groups -OCH3 is 1. The van der Waals surface area contributed by atoms with Gasteiger partial charge < -0.3 is 20.3 Å². The van der Waals surface area contributed by atoms with Gasteiger partial charge in [-0.05, 0) is 59.5 Å². The minimum absolute atomic E-state index is 0.111. The molecule has 0 saturated heterocycles. The summed E-state index contributed by atoms with van der Waals surface area (Å²) in [4.78, 5) is 23.7. The Labute approximate surface area is 166 Å². The number of hydrogen-bond donors (Lipinski definition) is 3. The van der Waals surface area contributed by atoms with Crippen LogP contribution in [0, 0.1) is 0 Å². The highest BCUT2D eigenvalue weighted by Gasteiger charge is 2.11. The van der Waals surface area contributed by atoms with Gasteiger partial charge in [0.1, 0.15) is 11.3 Å². The SMILES string of the molecule is COC(=O)c1ccc(NSc2cccc(-c3ccc(C(N)=O)cc3)c2)cc1O. The first-order valence-electron chi connectivity index (χ1n) is 8.32. The first-order valence-corrected chi connectivity index (χ1v) is 9.14. The zero-order chi connectivity index (χ0) is 20.1. The Bertz CT molecular complexity index is 1020. The fraction of sp³-hybridized carbons (Fsp3) is 0.0476. The molecule has 0 fully saturated rings. The lowest BCUT2D eigenvalue weighted by molar-refractivity contribution is 0.0597. The molecule has 0 aromatic heterocycles. The van der Waals surface area contributed by atoms with Crippen molar-refractivity contribution in [2.45, 2.75) is 4.90 Å². The third-order valence-electron chi connectivity index (χ3n) is 4.03. The van der Waals surface area contributed by atoms with Crippen LogP contribution >= 0.6 is 11.9 Å². The second-order valence-corrected chi connectivity index (χ2v) is 6.78. The summed E-state index contributed by atoms with van der Waals surface area (Å²) >= 11 is 1.37. The zero-order valence-electron chi connectivity index (χ0n) is 15.0. The zero-order valence-corrected chi connectivity index (χ0v) is 15.8. The van der Waals surface area contributed by atoms with Crippen molar-refractivity contribution in [2.75, 3.05) is 11.8 Å². The monoisotopic (exact) mass is 394 g/mol. The number of amides is 1. The van der Waals surface area contributed by atoms with Crippen molar-refractivity contribution in [3.63, 3.8) is 0 Å². The van der Waals surface area contributed by atoms with Gasteiger partial charge in [-0.15, -0.1) is 0 Å². The predicted molar refractivity (Wildman–Crippen MR) is 109 cm³/mol. The number of benzene rings is 3. The number of aromatic hydroxyl groups is 1. The van der Waals surface area contributed by atoms with Crippen molar-refractivity contribution in [1.29, 1.82) is 0 Å². The number of hydrogen-bond acceptors (Lipinski definition) is 6. The molecule has 0 saturated carbocycles. The molecule has 28 heavy (non-hydrogen) atoms. The van der Waals surface area contributed by atoms with Gasteiger partial charge in [0.05, 0.1) is 7.11 Å². The van der Waals surface area contributed by atoms with Gasteiger partial charge in [0.15, 0.2) is 0 Å². The molecule has 142 valence electrons. The highest BCUT2D eigenvalue weighted by Crippen LogP contribution is 2.29. The Morgan fingerprint density at radius 1 is 1.00 bits per heavy atom. The average Bonchev–Trinajstić information content (AvgIpc) is 2.72. The van der Waals surface area contributed by atoms with Crippen LogP contribution in [0.4, 0.5) is 5.69 Å². The van der Waals surface area contributed by atoms with Crippen LogP contribution in [0.5, 0.6) is 5.75 Å². The van der Waals surface area contributed by atoms with Crippen LogP contribution in [0.1, 0.15) is 20.7 Å². The van der Waals surface area contributed by atoms with Crippen LogP contribution in [0.3, 0.4) is 0 Å². The molecule has 0 aliphatic carbocycles. The lowest BCUT2D eigenvalue weighted by Gasteiger charge is -2.09. The fourth-order valence-electron chi connectivity index (χ4n) is 2.56. The van der Waals surface area contributed by atoms with Crippen molar-refractivity contribution < 1.29 is 19.4 Å². The van der Waals surface area contributed by atoms with E-state index in [1.165, 1.54) is 31.2 Å². The summed E-state index contributed by atoms with van der Waals surface area (Å²) in [6.07, 6.45) is 0. The number of esters is 1. The van der Waals surface area contributed by atoms with E-state index in [9.17, 15) is 14.7 Å². The van der Waals surface area contributed by atoms with Crippen molar-refractivity contribution >= 4 is 29.5 Å². The van der Waals surface area contributed by atoms with E-state index in [1.807, 2.05) is 36.4 Å². The Balaban J connectivity index is 1.72. The molecular weight excluding hydrogens is 376 g/mol. The molecular formula is C21H18N2O4S. The minimum Gasteiger partial charge on any atom is -0.507 e. The highest BCUT2D eigenvalue weighted by atomic mass is 32.2. The molecule has 0 bridgehead atoms. The molecule has 0 heterocycles. The normalized spacial score (nSPS) is 10.3. The van der Waals surface area contributed by atoms with Crippen LogP contribution in [-0.4, -0.2) is 24.1 Å². The van der Waals surface area contributed by atoms with E-state index in [0.29, 0.717) is 11.3 Å². The van der Waals surface area contributed by atoms with Gasteiger partial charge in [0.25, 0.3) is 0 Å². The van der Waals surface area contributed by atoms with Gasteiger partial charge in [-0.3, -0.25) is 4.79 Å². The van der Waals surface area contributed by atoms with E-state index in [-0.39, 0.29) is 11.3 Å². The number of nitrogens with one attached hydrogen (secondary N) is 1. The molecule has 1 amide bonds. The smallest absolute Gasteiger partial charge is 0.341 e. The van der Waals surface area contributed by atoms with Gasteiger partial charge in [-0.25, -0.2) is 4.79 Å². The van der Waals surface area contributed by atoms with E-state index < -0.39 is 11.9 Å². The summed E-state index contributed by atoms with van der Waals surface area (Å²) in [5, 5.41) is 9.96. The maximum absolute atomic E-state index is 11.5. The maximum Gasteiger partial charge on any atom is 0.341 e. The maximum atomic E-state index is 11.5. The Morgan fingerprint density at radius 3 is 2.39 bits per heavy atom. The molecule has 0 spiro atoms. The first-order chi connectivity index (χ1) is 13.5. The number of carbonyl (C=O) groups excluding carboxylic acids is 2. The summed E-state index contributed by atoms with van der Waals surface area (Å²) < 4.78 is 7.74. The van der Waals surface area contributed by atoms with Crippen LogP contribution in [0.2, 0.25) is 0 Å². The first kappa shape index (κ1) is 19.3. The Morgan fingerprint density at radius 2 is 1.75 bits per heavy atom. The minimum atomic E-state index is -0.591. The van der Waals surface area contributed by atoms with Crippen molar-refractivity contribution in [2.24, 2.45) is 5.73 Å². The van der Waals surface area contributed by atoms with Crippen LogP contribution in [0.25, 0.3) is 11.1 Å². The lowest BCUT2D eigenvalue weighted by atomic mass is 10.0. The van der Waals surface area contributed by atoms with E-state index >= 15 is 0 Å². The molecule has 6 nitrogen and oxygen atoms in total. The topological polar surface area (TPSA) is 102 Å². The van der Waals surface area contributed by atoms with E-state index in [4.69, 9.17) is 5.73 Å². The molecule has 3 aromatic carbocycles. The molecule has 0 unspecified atom stereocenters. The highest BCUT2D eigenvalue weighted by molar-refractivity contribution is 8.00. The van der Waals surface area contributed by atoms with Gasteiger partial charge in [-0.2, -0.15) is 0 Å². The summed E-state index contributed by atoms with van der Waals surface area (Å²) in [5.41, 5.74) is 8.45. The largest absolute Gasteiger partial charge is 0.507 e. The van der Waals surface area contributed by atoms with E-state index in [0.717, 1.165) is 16.0 Å². The standard InChI is InChI=1S/C21H18N2O4S/c1-27-21(26)18-10-9-16(12-19(18)24)23-28-17-4-2-3-15(11-17)13-5-7-14(8-6-13)20(22)25/h2-12,23-24H,1H3,(H2,22,25). The third-order valence-corrected chi connectivity index (χ3v) is 4.85. The third kappa shape index (κ3) is 4.44. The molecule has 0 atom stereocenters. The average molecular weight is 394 g/mol. The number of phenolic OH excluding ortho intramolecular Hbond substituents is 1. The quantitative estimate of drug-likeness (QED) is 0.430. The van der Waals surface area contributed by atoms with E-state index in [2.05, 4.69) is 9.46 Å². The van der Waals surface area contributed by atoms with Gasteiger partial charge in [0.2, 0.25) is 5.91 Å². The van der Waals surface area contributed by atoms with Crippen LogP contribution < -0.4 is 10.5 Å². The second-order valence-electron chi connectivity index (χ2n) is 5.90. The van der Waals surface area contributed by atoms with E-state index in [1.54, 1.807) is 18.2 Å². The summed E-state index contributed by atoms with van der Waals surface area (Å²) in [7, 11) is 1.26. The summed E-state index contributed by atoms with van der Waals surface area (Å²) in [6.45, 7) is 0. The molecule has 3 aromatic rings. The second kappa shape index (κ2) is 8.49. The number of ether oxygens (including phenoxy) is 1. The van der Waals surface area contributed by atoms with Crippen LogP contribution in [-0.2, 0) is 4.74 Å². The number of primary amides is 1. The number of rotatable bonds is 6. The number of anilines is 1. The fourth-order valence-corrected chi connectivity index (χ4v) is 3.26. The predicted octanol–water partition coefficient (Wildman–Crippen LogP) is 4.06. The van der Waals surface area contributed by atoms with Crippen molar-refractivity contribution in [3.05, 3.63) is 77.9 Å². The molecule has 0 radical (unpaired) electrons. The number of carbonyl (C=O) groups is 2. The summed E-state index contributed by atoms with van der Waals surface area (Å²) in [6, 6.07) is 19.6. The van der Waals surface area contributed by atoms with Crippen molar-refractivity contribution in [3.8, 4) is 16.9 Å². The van der Waals surface area contributed by atoms with Gasteiger partial charge in [-0.1, -0.05) is 24.3 Å². The molecule has 4 N–H and O–H groups in total. The molecule has 0 aliphatic heterocycles. The molecule has 0 aliphatic rings. The molecule has 7 heteroatoms. The number of phenols is 1. The Kier molecular flexibility index (Phi) is 5.86. The number of nitrogens with two attached hydrogens (primary N) is 1.